The lowest BCUT2D eigenvalue weighted by atomic mass is 10.2. The van der Waals surface area contributed by atoms with Crippen LogP contribution in [0.5, 0.6) is 5.75 Å². The van der Waals surface area contributed by atoms with Crippen molar-refractivity contribution >= 4 is 27.5 Å². The number of nitrogens with zero attached hydrogens (tertiary/aromatic N) is 1. The van der Waals surface area contributed by atoms with Gasteiger partial charge in [-0.15, -0.1) is 0 Å². The maximum absolute atomic E-state index is 12.4. The zero-order chi connectivity index (χ0) is 13.4. The first kappa shape index (κ1) is 12.9. The quantitative estimate of drug-likeness (QED) is 0.924. The Labute approximate surface area is 121 Å². The van der Waals surface area contributed by atoms with E-state index in [1.807, 2.05) is 23.1 Å². The highest BCUT2D eigenvalue weighted by Crippen LogP contribution is 2.32. The van der Waals surface area contributed by atoms with Crippen molar-refractivity contribution in [2.24, 2.45) is 0 Å². The molecule has 0 aromatic heterocycles. The molecule has 1 N–H and O–H groups in total. The first-order chi connectivity index (χ1) is 9.19. The minimum absolute atomic E-state index is 0.00613. The van der Waals surface area contributed by atoms with Crippen molar-refractivity contribution in [1.29, 1.82) is 0 Å². The first-order valence-electron chi connectivity index (χ1n) is 6.60. The summed E-state index contributed by atoms with van der Waals surface area (Å²) < 4.78 is 6.08. The minimum atomic E-state index is -0.00613. The molecule has 2 aliphatic rings. The molecule has 1 unspecified atom stereocenters. The van der Waals surface area contributed by atoms with Crippen molar-refractivity contribution in [1.82, 2.24) is 5.32 Å². The topological polar surface area (TPSA) is 41.6 Å². The molecular formula is C14H17BrN2O2. The summed E-state index contributed by atoms with van der Waals surface area (Å²) in [5, 5.41) is 3.41. The fourth-order valence-corrected chi connectivity index (χ4v) is 2.98. The van der Waals surface area contributed by atoms with E-state index in [4.69, 9.17) is 4.74 Å². The zero-order valence-electron chi connectivity index (χ0n) is 10.9. The fraction of sp³-hybridized carbons (Fsp3) is 0.500. The summed E-state index contributed by atoms with van der Waals surface area (Å²) >= 11 is 3.46. The van der Waals surface area contributed by atoms with Crippen molar-refractivity contribution in [2.45, 2.75) is 31.3 Å². The number of amides is 1. The average Bonchev–Trinajstić information content (AvgIpc) is 3.14. The predicted molar refractivity (Wildman–Crippen MR) is 77.6 cm³/mol. The molecule has 0 spiro atoms. The maximum Gasteiger partial charge on any atom is 0.244 e. The van der Waals surface area contributed by atoms with Gasteiger partial charge in [0.2, 0.25) is 5.91 Å². The van der Waals surface area contributed by atoms with Crippen LogP contribution in [0.25, 0.3) is 0 Å². The molecule has 19 heavy (non-hydrogen) atoms. The van der Waals surface area contributed by atoms with E-state index in [-0.39, 0.29) is 11.9 Å². The third-order valence-electron chi connectivity index (χ3n) is 3.67. The average molecular weight is 325 g/mol. The minimum Gasteiger partial charge on any atom is -0.496 e. The van der Waals surface area contributed by atoms with Crippen LogP contribution in [0, 0.1) is 0 Å². The molecule has 4 nitrogen and oxygen atoms in total. The second-order valence-corrected chi connectivity index (χ2v) is 5.95. The number of carbonyl (C=O) groups excluding carboxylic acids is 1. The lowest BCUT2D eigenvalue weighted by Gasteiger charge is -2.18. The van der Waals surface area contributed by atoms with Crippen LogP contribution in [0.3, 0.4) is 0 Å². The Balaban J connectivity index is 1.75. The summed E-state index contributed by atoms with van der Waals surface area (Å²) in [6, 6.07) is 6.32. The van der Waals surface area contributed by atoms with E-state index in [2.05, 4.69) is 21.2 Å². The number of hydrogen-bond donors (Lipinski definition) is 1. The molecule has 1 saturated heterocycles. The Bertz CT molecular complexity index is 502. The molecule has 5 heteroatoms. The van der Waals surface area contributed by atoms with E-state index in [9.17, 15) is 4.79 Å². The summed E-state index contributed by atoms with van der Waals surface area (Å²) in [7, 11) is 1.64. The number of nitrogens with one attached hydrogen (secondary N) is 1. The van der Waals surface area contributed by atoms with Crippen LogP contribution in [0.4, 0.5) is 5.69 Å². The summed E-state index contributed by atoms with van der Waals surface area (Å²) in [6.07, 6.45) is 3.30. The largest absolute Gasteiger partial charge is 0.496 e. The normalized spacial score (nSPS) is 22.9. The molecule has 2 fully saturated rings. The number of halogens is 1. The number of benzene rings is 1. The number of anilines is 1. The van der Waals surface area contributed by atoms with E-state index >= 15 is 0 Å². The van der Waals surface area contributed by atoms with Gasteiger partial charge in [0, 0.05) is 18.3 Å². The number of rotatable bonds is 4. The van der Waals surface area contributed by atoms with Crippen LogP contribution < -0.4 is 15.0 Å². The fourth-order valence-electron chi connectivity index (χ4n) is 2.45. The van der Waals surface area contributed by atoms with E-state index in [0.717, 1.165) is 28.9 Å². The van der Waals surface area contributed by atoms with Crippen molar-refractivity contribution < 1.29 is 9.53 Å². The zero-order valence-corrected chi connectivity index (χ0v) is 12.4. The number of hydrogen-bond acceptors (Lipinski definition) is 3. The molecule has 1 aromatic rings. The Morgan fingerprint density at radius 1 is 1.37 bits per heavy atom. The summed E-state index contributed by atoms with van der Waals surface area (Å²) in [5.74, 6) is 0.965. The van der Waals surface area contributed by atoms with E-state index < -0.39 is 0 Å². The third kappa shape index (κ3) is 2.62. The van der Waals surface area contributed by atoms with Gasteiger partial charge in [0.05, 0.1) is 17.6 Å². The van der Waals surface area contributed by atoms with Crippen molar-refractivity contribution in [3.05, 3.63) is 22.7 Å². The third-order valence-corrected chi connectivity index (χ3v) is 4.29. The van der Waals surface area contributed by atoms with Crippen LogP contribution in [0.15, 0.2) is 22.7 Å². The molecule has 1 aromatic carbocycles. The van der Waals surface area contributed by atoms with Crippen molar-refractivity contribution in [2.75, 3.05) is 18.6 Å². The van der Waals surface area contributed by atoms with Crippen molar-refractivity contribution in [3.8, 4) is 5.75 Å². The van der Waals surface area contributed by atoms with Crippen LogP contribution >= 0.6 is 15.9 Å². The monoisotopic (exact) mass is 324 g/mol. The summed E-state index contributed by atoms with van der Waals surface area (Å²) in [5.41, 5.74) is 0.928. The smallest absolute Gasteiger partial charge is 0.244 e. The van der Waals surface area contributed by atoms with Gasteiger partial charge in [-0.3, -0.25) is 4.79 Å². The highest BCUT2D eigenvalue weighted by atomic mass is 79.9. The second-order valence-electron chi connectivity index (χ2n) is 5.09. The highest BCUT2D eigenvalue weighted by Gasteiger charge is 2.36. The molecular weight excluding hydrogens is 308 g/mol. The number of carbonyl (C=O) groups is 1. The summed E-state index contributed by atoms with van der Waals surface area (Å²) in [6.45, 7) is 0.780. The van der Waals surface area contributed by atoms with Gasteiger partial charge < -0.3 is 15.0 Å². The van der Waals surface area contributed by atoms with Gasteiger partial charge in [0.1, 0.15) is 5.75 Å². The molecule has 0 radical (unpaired) electrons. The molecule has 1 aliphatic heterocycles. The van der Waals surface area contributed by atoms with Crippen LogP contribution in [-0.4, -0.2) is 31.6 Å². The Hall–Kier alpha value is -1.07. The molecule has 102 valence electrons. The number of ether oxygens (including phenoxy) is 1. The molecule has 1 atom stereocenters. The van der Waals surface area contributed by atoms with E-state index in [1.54, 1.807) is 7.11 Å². The molecule has 3 rings (SSSR count). The van der Waals surface area contributed by atoms with E-state index in [1.165, 1.54) is 12.8 Å². The molecule has 1 aliphatic carbocycles. The molecule has 1 amide bonds. The van der Waals surface area contributed by atoms with Crippen LogP contribution in [-0.2, 0) is 4.79 Å². The van der Waals surface area contributed by atoms with Gasteiger partial charge in [0.15, 0.2) is 0 Å². The molecule has 0 bridgehead atoms. The van der Waals surface area contributed by atoms with Gasteiger partial charge in [0.25, 0.3) is 0 Å². The molecule has 1 saturated carbocycles. The van der Waals surface area contributed by atoms with Gasteiger partial charge in [-0.2, -0.15) is 0 Å². The van der Waals surface area contributed by atoms with Gasteiger partial charge >= 0.3 is 0 Å². The highest BCUT2D eigenvalue weighted by molar-refractivity contribution is 9.10. The summed E-state index contributed by atoms with van der Waals surface area (Å²) in [4.78, 5) is 14.2. The Morgan fingerprint density at radius 3 is 2.79 bits per heavy atom. The SMILES string of the molecule is COc1ccc(N2CCC(NC3CC3)C2=O)cc1Br. The van der Waals surface area contributed by atoms with Gasteiger partial charge in [-0.25, -0.2) is 0 Å². The number of methoxy groups -OCH3 is 1. The van der Waals surface area contributed by atoms with Gasteiger partial charge in [-0.1, -0.05) is 0 Å². The van der Waals surface area contributed by atoms with E-state index in [0.29, 0.717) is 6.04 Å². The van der Waals surface area contributed by atoms with Crippen LogP contribution in [0.1, 0.15) is 19.3 Å². The standard InChI is InChI=1S/C14H17BrN2O2/c1-19-13-5-4-10(8-11(13)15)17-7-6-12(14(17)18)16-9-2-3-9/h4-5,8-9,12,16H,2-3,6-7H2,1H3. The second kappa shape index (κ2) is 5.13. The first-order valence-corrected chi connectivity index (χ1v) is 7.39. The van der Waals surface area contributed by atoms with Crippen LogP contribution in [0.2, 0.25) is 0 Å². The Kier molecular flexibility index (Phi) is 3.50. The Morgan fingerprint density at radius 2 is 2.16 bits per heavy atom. The lowest BCUT2D eigenvalue weighted by molar-refractivity contribution is -0.118. The lowest BCUT2D eigenvalue weighted by Crippen LogP contribution is -2.39. The molecule has 1 heterocycles. The van der Waals surface area contributed by atoms with Gasteiger partial charge in [-0.05, 0) is 53.4 Å². The van der Waals surface area contributed by atoms with Crippen molar-refractivity contribution in [3.63, 3.8) is 0 Å². The predicted octanol–water partition coefficient (Wildman–Crippen LogP) is 2.32. The maximum atomic E-state index is 12.4.